The maximum atomic E-state index is 11.9. The van der Waals surface area contributed by atoms with Crippen LogP contribution in [0.15, 0.2) is 0 Å². The van der Waals surface area contributed by atoms with Crippen LogP contribution in [0, 0.1) is 5.92 Å². The van der Waals surface area contributed by atoms with Crippen LogP contribution >= 0.6 is 0 Å². The van der Waals surface area contributed by atoms with Gasteiger partial charge in [-0.05, 0) is 25.3 Å². The SMILES string of the molecule is CCNC1CCN(C2CC2CC)C1=O. The topological polar surface area (TPSA) is 32.3 Å². The average molecular weight is 196 g/mol. The van der Waals surface area contributed by atoms with Crippen molar-refractivity contribution in [3.63, 3.8) is 0 Å². The van der Waals surface area contributed by atoms with Gasteiger partial charge in [0.1, 0.15) is 0 Å². The molecule has 3 heteroatoms. The van der Waals surface area contributed by atoms with Gasteiger partial charge in [0, 0.05) is 12.6 Å². The summed E-state index contributed by atoms with van der Waals surface area (Å²) in [5, 5.41) is 3.25. The maximum Gasteiger partial charge on any atom is 0.240 e. The van der Waals surface area contributed by atoms with Crippen molar-refractivity contribution >= 4 is 5.91 Å². The van der Waals surface area contributed by atoms with Crippen molar-refractivity contribution in [2.24, 2.45) is 5.92 Å². The molecule has 1 aliphatic heterocycles. The minimum atomic E-state index is 0.109. The Morgan fingerprint density at radius 1 is 1.50 bits per heavy atom. The van der Waals surface area contributed by atoms with E-state index in [9.17, 15) is 4.79 Å². The first-order valence-electron chi connectivity index (χ1n) is 5.81. The molecule has 3 atom stereocenters. The Hall–Kier alpha value is -0.570. The Bertz CT molecular complexity index is 229. The second-order valence-electron chi connectivity index (χ2n) is 4.40. The van der Waals surface area contributed by atoms with Gasteiger partial charge < -0.3 is 10.2 Å². The first-order chi connectivity index (χ1) is 6.77. The van der Waals surface area contributed by atoms with Gasteiger partial charge in [-0.3, -0.25) is 4.79 Å². The fraction of sp³-hybridized carbons (Fsp3) is 0.909. The van der Waals surface area contributed by atoms with Crippen LogP contribution in [0.3, 0.4) is 0 Å². The monoisotopic (exact) mass is 196 g/mol. The number of hydrogen-bond acceptors (Lipinski definition) is 2. The van der Waals surface area contributed by atoms with Crippen LogP contribution in [0.5, 0.6) is 0 Å². The number of nitrogens with zero attached hydrogens (tertiary/aromatic N) is 1. The largest absolute Gasteiger partial charge is 0.338 e. The van der Waals surface area contributed by atoms with Crippen LogP contribution in [0.4, 0.5) is 0 Å². The van der Waals surface area contributed by atoms with Gasteiger partial charge in [-0.25, -0.2) is 0 Å². The molecule has 0 aromatic rings. The summed E-state index contributed by atoms with van der Waals surface area (Å²) in [6, 6.07) is 0.689. The van der Waals surface area contributed by atoms with Crippen LogP contribution in [0.25, 0.3) is 0 Å². The number of rotatable bonds is 4. The lowest BCUT2D eigenvalue weighted by molar-refractivity contribution is -0.130. The molecule has 0 spiro atoms. The van der Waals surface area contributed by atoms with Crippen LogP contribution in [0.2, 0.25) is 0 Å². The summed E-state index contributed by atoms with van der Waals surface area (Å²) >= 11 is 0. The molecule has 1 heterocycles. The van der Waals surface area contributed by atoms with Crippen LogP contribution in [-0.2, 0) is 4.79 Å². The zero-order valence-corrected chi connectivity index (χ0v) is 9.12. The Labute approximate surface area is 85.8 Å². The van der Waals surface area contributed by atoms with Crippen LogP contribution in [0.1, 0.15) is 33.1 Å². The zero-order chi connectivity index (χ0) is 10.1. The number of likely N-dealkylation sites (N-methyl/N-ethyl adjacent to an activating group) is 1. The fourth-order valence-corrected chi connectivity index (χ4v) is 2.52. The van der Waals surface area contributed by atoms with E-state index >= 15 is 0 Å². The van der Waals surface area contributed by atoms with E-state index in [1.165, 1.54) is 12.8 Å². The predicted molar refractivity (Wildman–Crippen MR) is 56.0 cm³/mol. The highest BCUT2D eigenvalue weighted by atomic mass is 16.2. The summed E-state index contributed by atoms with van der Waals surface area (Å²) < 4.78 is 0. The van der Waals surface area contributed by atoms with E-state index in [1.807, 2.05) is 0 Å². The minimum Gasteiger partial charge on any atom is -0.338 e. The molecule has 2 rings (SSSR count). The van der Waals surface area contributed by atoms with Crippen molar-refractivity contribution in [3.05, 3.63) is 0 Å². The van der Waals surface area contributed by atoms with Crippen molar-refractivity contribution < 1.29 is 4.79 Å². The number of likely N-dealkylation sites (tertiary alicyclic amines) is 1. The lowest BCUT2D eigenvalue weighted by atomic mass is 10.2. The molecule has 0 radical (unpaired) electrons. The molecule has 1 saturated heterocycles. The highest BCUT2D eigenvalue weighted by Crippen LogP contribution is 2.40. The Morgan fingerprint density at radius 2 is 2.29 bits per heavy atom. The lowest BCUT2D eigenvalue weighted by Crippen LogP contribution is -2.39. The van der Waals surface area contributed by atoms with E-state index in [4.69, 9.17) is 0 Å². The molecule has 0 aromatic carbocycles. The van der Waals surface area contributed by atoms with Gasteiger partial charge in [0.15, 0.2) is 0 Å². The lowest BCUT2D eigenvalue weighted by Gasteiger charge is -2.16. The van der Waals surface area contributed by atoms with E-state index < -0.39 is 0 Å². The van der Waals surface area contributed by atoms with Crippen molar-refractivity contribution in [1.29, 1.82) is 0 Å². The molecule has 0 aromatic heterocycles. The second kappa shape index (κ2) is 3.89. The number of hydrogen-bond donors (Lipinski definition) is 1. The van der Waals surface area contributed by atoms with Crippen LogP contribution in [-0.4, -0.2) is 36.0 Å². The Balaban J connectivity index is 1.88. The van der Waals surface area contributed by atoms with Crippen LogP contribution < -0.4 is 5.32 Å². The van der Waals surface area contributed by atoms with Gasteiger partial charge in [0.2, 0.25) is 5.91 Å². The molecule has 2 aliphatic rings. The Kier molecular flexibility index (Phi) is 2.77. The molecule has 3 unspecified atom stereocenters. The van der Waals surface area contributed by atoms with Crippen molar-refractivity contribution in [3.8, 4) is 0 Å². The molecule has 3 nitrogen and oxygen atoms in total. The van der Waals surface area contributed by atoms with E-state index in [-0.39, 0.29) is 6.04 Å². The number of amides is 1. The molecule has 0 bridgehead atoms. The maximum absolute atomic E-state index is 11.9. The molecule has 1 saturated carbocycles. The standard InChI is InChI=1S/C11H20N2O/c1-3-8-7-10(8)13-6-5-9(11(13)14)12-4-2/h8-10,12H,3-7H2,1-2H3. The van der Waals surface area contributed by atoms with Gasteiger partial charge >= 0.3 is 0 Å². The molecular weight excluding hydrogens is 176 g/mol. The normalized spacial score (nSPS) is 36.6. The van der Waals surface area contributed by atoms with Crippen molar-refractivity contribution in [1.82, 2.24) is 10.2 Å². The van der Waals surface area contributed by atoms with Gasteiger partial charge in [-0.2, -0.15) is 0 Å². The number of carbonyl (C=O) groups excluding carboxylic acids is 1. The molecule has 1 aliphatic carbocycles. The summed E-state index contributed by atoms with van der Waals surface area (Å²) in [7, 11) is 0. The molecule has 2 fully saturated rings. The third kappa shape index (κ3) is 1.65. The first kappa shape index (κ1) is 9.97. The molecule has 14 heavy (non-hydrogen) atoms. The summed E-state index contributed by atoms with van der Waals surface area (Å²) in [6.07, 6.45) is 3.46. The highest BCUT2D eigenvalue weighted by molar-refractivity contribution is 5.84. The van der Waals surface area contributed by atoms with Gasteiger partial charge in [-0.1, -0.05) is 20.3 Å². The van der Waals surface area contributed by atoms with Gasteiger partial charge in [0.25, 0.3) is 0 Å². The first-order valence-corrected chi connectivity index (χ1v) is 5.81. The predicted octanol–water partition coefficient (Wildman–Crippen LogP) is 0.995. The van der Waals surface area contributed by atoms with Gasteiger partial charge in [-0.15, -0.1) is 0 Å². The quantitative estimate of drug-likeness (QED) is 0.727. The minimum absolute atomic E-state index is 0.109. The van der Waals surface area contributed by atoms with E-state index in [0.29, 0.717) is 11.9 Å². The fourth-order valence-electron chi connectivity index (χ4n) is 2.52. The number of carbonyl (C=O) groups is 1. The molecule has 1 amide bonds. The second-order valence-corrected chi connectivity index (χ2v) is 4.40. The smallest absolute Gasteiger partial charge is 0.240 e. The molecular formula is C11H20N2O. The van der Waals surface area contributed by atoms with Crippen molar-refractivity contribution in [2.45, 2.75) is 45.2 Å². The summed E-state index contributed by atoms with van der Waals surface area (Å²) in [5.74, 6) is 1.13. The van der Waals surface area contributed by atoms with E-state index in [2.05, 4.69) is 24.1 Å². The van der Waals surface area contributed by atoms with E-state index in [0.717, 1.165) is 25.4 Å². The summed E-state index contributed by atoms with van der Waals surface area (Å²) in [4.78, 5) is 14.0. The average Bonchev–Trinajstić information content (AvgIpc) is 2.88. The molecule has 80 valence electrons. The molecule has 1 N–H and O–H groups in total. The summed E-state index contributed by atoms with van der Waals surface area (Å²) in [6.45, 7) is 6.14. The van der Waals surface area contributed by atoms with Gasteiger partial charge in [0.05, 0.1) is 6.04 Å². The third-order valence-electron chi connectivity index (χ3n) is 3.50. The Morgan fingerprint density at radius 3 is 2.86 bits per heavy atom. The highest BCUT2D eigenvalue weighted by Gasteiger charge is 2.46. The number of nitrogens with one attached hydrogen (secondary N) is 1. The van der Waals surface area contributed by atoms with E-state index in [1.54, 1.807) is 0 Å². The summed E-state index contributed by atoms with van der Waals surface area (Å²) in [5.41, 5.74) is 0. The zero-order valence-electron chi connectivity index (χ0n) is 9.12. The third-order valence-corrected chi connectivity index (χ3v) is 3.50. The van der Waals surface area contributed by atoms with Crippen molar-refractivity contribution in [2.75, 3.05) is 13.1 Å².